The third kappa shape index (κ3) is 5.59. The molecule has 0 spiro atoms. The van der Waals surface area contributed by atoms with E-state index < -0.39 is 17.6 Å². The maximum atomic E-state index is 13.3. The van der Waals surface area contributed by atoms with E-state index in [1.807, 2.05) is 24.3 Å². The molecule has 1 fully saturated rings. The number of hydrogen-bond donors (Lipinski definition) is 1. The van der Waals surface area contributed by atoms with Gasteiger partial charge in [-0.1, -0.05) is 32.4 Å². The lowest BCUT2D eigenvalue weighted by Gasteiger charge is -2.24. The summed E-state index contributed by atoms with van der Waals surface area (Å²) in [6, 6.07) is 7.73. The van der Waals surface area contributed by atoms with Crippen molar-refractivity contribution in [2.45, 2.75) is 64.7 Å². The van der Waals surface area contributed by atoms with Gasteiger partial charge in [-0.15, -0.1) is 0 Å². The molecule has 2 aromatic rings. The highest BCUT2D eigenvalue weighted by Gasteiger charge is 2.37. The zero-order valence-electron chi connectivity index (χ0n) is 16.2. The quantitative estimate of drug-likeness (QED) is 0.639. The molecule has 4 nitrogen and oxygen atoms in total. The Bertz CT molecular complexity index is 769. The van der Waals surface area contributed by atoms with Gasteiger partial charge < -0.3 is 10.1 Å². The van der Waals surface area contributed by atoms with Crippen molar-refractivity contribution in [3.8, 4) is 5.88 Å². The number of nitrogens with one attached hydrogen (secondary N) is 1. The molecule has 0 amide bonds. The van der Waals surface area contributed by atoms with Crippen molar-refractivity contribution < 1.29 is 17.9 Å². The fourth-order valence-corrected chi connectivity index (χ4v) is 3.38. The van der Waals surface area contributed by atoms with Crippen molar-refractivity contribution in [1.82, 2.24) is 9.97 Å². The first kappa shape index (κ1) is 20.4. The van der Waals surface area contributed by atoms with Crippen LogP contribution in [0, 0.1) is 5.92 Å². The van der Waals surface area contributed by atoms with E-state index in [9.17, 15) is 13.2 Å². The summed E-state index contributed by atoms with van der Waals surface area (Å²) in [5.41, 5.74) is 0.988. The molecular weight excluding hydrogens is 367 g/mol. The van der Waals surface area contributed by atoms with Gasteiger partial charge in [-0.05, 0) is 55.7 Å². The molecular formula is C21H26F3N3O. The van der Waals surface area contributed by atoms with Gasteiger partial charge in [0.2, 0.25) is 11.8 Å². The molecule has 152 valence electrons. The van der Waals surface area contributed by atoms with Crippen LogP contribution in [0.1, 0.15) is 57.1 Å². The van der Waals surface area contributed by atoms with E-state index in [1.165, 1.54) is 5.56 Å². The van der Waals surface area contributed by atoms with Crippen molar-refractivity contribution in [1.29, 1.82) is 0 Å². The Morgan fingerprint density at radius 3 is 2.39 bits per heavy atom. The van der Waals surface area contributed by atoms with Crippen LogP contribution in [-0.4, -0.2) is 16.1 Å². The lowest BCUT2D eigenvalue weighted by molar-refractivity contribution is -0.140. The number of ether oxygens (including phenoxy) is 1. The molecule has 0 bridgehead atoms. The molecule has 1 saturated carbocycles. The van der Waals surface area contributed by atoms with Crippen LogP contribution in [-0.2, 0) is 12.6 Å². The predicted molar refractivity (Wildman–Crippen MR) is 103 cm³/mol. The first-order valence-electron chi connectivity index (χ1n) is 9.78. The first-order chi connectivity index (χ1) is 13.3. The Morgan fingerprint density at radius 1 is 1.11 bits per heavy atom. The van der Waals surface area contributed by atoms with Crippen LogP contribution in [0.2, 0.25) is 0 Å². The van der Waals surface area contributed by atoms with Gasteiger partial charge in [-0.25, -0.2) is 4.98 Å². The normalized spacial score (nSPS) is 15.6. The van der Waals surface area contributed by atoms with E-state index in [1.54, 1.807) is 0 Å². The van der Waals surface area contributed by atoms with Crippen LogP contribution in [0.4, 0.5) is 24.8 Å². The Hall–Kier alpha value is -2.31. The number of alkyl halides is 3. The van der Waals surface area contributed by atoms with Crippen LogP contribution in [0.15, 0.2) is 30.5 Å². The van der Waals surface area contributed by atoms with Crippen molar-refractivity contribution in [2.75, 3.05) is 5.32 Å². The second-order valence-electron chi connectivity index (χ2n) is 7.71. The molecule has 0 aliphatic heterocycles. The van der Waals surface area contributed by atoms with E-state index in [0.717, 1.165) is 50.4 Å². The average Bonchev–Trinajstić information content (AvgIpc) is 2.63. The summed E-state index contributed by atoms with van der Waals surface area (Å²) in [4.78, 5) is 7.88. The highest BCUT2D eigenvalue weighted by atomic mass is 19.4. The van der Waals surface area contributed by atoms with Gasteiger partial charge >= 0.3 is 6.18 Å². The minimum atomic E-state index is -4.55. The highest BCUT2D eigenvalue weighted by molar-refractivity contribution is 5.54. The van der Waals surface area contributed by atoms with Gasteiger partial charge in [-0.3, -0.25) is 0 Å². The van der Waals surface area contributed by atoms with Crippen molar-refractivity contribution in [3.63, 3.8) is 0 Å². The zero-order chi connectivity index (χ0) is 20.1. The molecule has 1 heterocycles. The van der Waals surface area contributed by atoms with Crippen LogP contribution in [0.5, 0.6) is 5.88 Å². The fraction of sp³-hybridized carbons (Fsp3) is 0.524. The Labute approximate surface area is 163 Å². The van der Waals surface area contributed by atoms with Crippen LogP contribution < -0.4 is 10.1 Å². The number of rotatable bonds is 6. The molecule has 1 aromatic carbocycles. The summed E-state index contributed by atoms with van der Waals surface area (Å²) in [6.45, 7) is 4.30. The van der Waals surface area contributed by atoms with Gasteiger partial charge in [0, 0.05) is 11.9 Å². The van der Waals surface area contributed by atoms with Gasteiger partial charge in [0.05, 0.1) is 0 Å². The largest absolute Gasteiger partial charge is 0.474 e. The van der Waals surface area contributed by atoms with Gasteiger partial charge in [0.15, 0.2) is 0 Å². The van der Waals surface area contributed by atoms with Crippen LogP contribution >= 0.6 is 0 Å². The summed E-state index contributed by atoms with van der Waals surface area (Å²) in [7, 11) is 0. The maximum Gasteiger partial charge on any atom is 0.423 e. The van der Waals surface area contributed by atoms with Crippen molar-refractivity contribution >= 4 is 11.6 Å². The molecule has 28 heavy (non-hydrogen) atoms. The van der Waals surface area contributed by atoms with Crippen LogP contribution in [0.3, 0.4) is 0 Å². The first-order valence-corrected chi connectivity index (χ1v) is 9.78. The second-order valence-corrected chi connectivity index (χ2v) is 7.71. The Kier molecular flexibility index (Phi) is 6.42. The van der Waals surface area contributed by atoms with E-state index in [4.69, 9.17) is 4.74 Å². The van der Waals surface area contributed by atoms with Gasteiger partial charge in [0.1, 0.15) is 11.7 Å². The summed E-state index contributed by atoms with van der Waals surface area (Å²) < 4.78 is 45.6. The predicted octanol–water partition coefficient (Wildman–Crippen LogP) is 6.15. The number of hydrogen-bond acceptors (Lipinski definition) is 4. The van der Waals surface area contributed by atoms with Crippen molar-refractivity contribution in [3.05, 3.63) is 41.6 Å². The summed E-state index contributed by atoms with van der Waals surface area (Å²) in [5, 5.41) is 2.97. The molecule has 0 unspecified atom stereocenters. The molecule has 0 atom stereocenters. The topological polar surface area (TPSA) is 47.0 Å². The Morgan fingerprint density at radius 2 is 1.79 bits per heavy atom. The summed E-state index contributed by atoms with van der Waals surface area (Å²) in [5.74, 6) is 0.250. The number of halogens is 3. The minimum absolute atomic E-state index is 0.0930. The number of anilines is 2. The maximum absolute atomic E-state index is 13.3. The SMILES string of the molecule is CC(C)Cc1ccc(Nc2ncc(C(F)(F)F)c(OC3CCCCC3)n2)cc1. The van der Waals surface area contributed by atoms with Gasteiger partial charge in [0.25, 0.3) is 0 Å². The molecule has 0 saturated heterocycles. The molecule has 0 radical (unpaired) electrons. The number of benzene rings is 1. The van der Waals surface area contributed by atoms with E-state index >= 15 is 0 Å². The molecule has 7 heteroatoms. The summed E-state index contributed by atoms with van der Waals surface area (Å²) in [6.07, 6.45) is 1.50. The molecule has 1 aliphatic rings. The zero-order valence-corrected chi connectivity index (χ0v) is 16.2. The van der Waals surface area contributed by atoms with Crippen LogP contribution in [0.25, 0.3) is 0 Å². The third-order valence-electron chi connectivity index (χ3n) is 4.74. The monoisotopic (exact) mass is 393 g/mol. The van der Waals surface area contributed by atoms with E-state index in [0.29, 0.717) is 5.92 Å². The molecule has 3 rings (SSSR count). The average molecular weight is 393 g/mol. The second kappa shape index (κ2) is 8.80. The lowest BCUT2D eigenvalue weighted by Crippen LogP contribution is -2.22. The van der Waals surface area contributed by atoms with E-state index in [-0.39, 0.29) is 12.1 Å². The third-order valence-corrected chi connectivity index (χ3v) is 4.74. The fourth-order valence-electron chi connectivity index (χ4n) is 3.38. The van der Waals surface area contributed by atoms with Crippen molar-refractivity contribution in [2.24, 2.45) is 5.92 Å². The van der Waals surface area contributed by atoms with E-state index in [2.05, 4.69) is 29.1 Å². The molecule has 1 aliphatic carbocycles. The standard InChI is InChI=1S/C21H26F3N3O/c1-14(2)12-15-8-10-16(11-9-15)26-20-25-13-18(21(22,23)24)19(27-20)28-17-6-4-3-5-7-17/h8-11,13-14,17H,3-7,12H2,1-2H3,(H,25,26,27). The minimum Gasteiger partial charge on any atom is -0.474 e. The highest BCUT2D eigenvalue weighted by Crippen LogP contribution is 2.36. The van der Waals surface area contributed by atoms with Gasteiger partial charge in [-0.2, -0.15) is 18.2 Å². The Balaban J connectivity index is 1.78. The molecule has 1 N–H and O–H groups in total. The smallest absolute Gasteiger partial charge is 0.423 e. The summed E-state index contributed by atoms with van der Waals surface area (Å²) >= 11 is 0. The lowest BCUT2D eigenvalue weighted by atomic mass is 9.98. The number of aromatic nitrogens is 2. The number of nitrogens with zero attached hydrogens (tertiary/aromatic N) is 2. The molecule has 1 aromatic heterocycles.